The summed E-state index contributed by atoms with van der Waals surface area (Å²) in [5.41, 5.74) is 2.85. The Balaban J connectivity index is 2.16. The number of hydrogen-bond donors (Lipinski definition) is 0. The molecule has 2 heteroatoms. The van der Waals surface area contributed by atoms with Crippen molar-refractivity contribution in [2.24, 2.45) is 0 Å². The highest BCUT2D eigenvalue weighted by atomic mass is 16.2. The summed E-state index contributed by atoms with van der Waals surface area (Å²) in [5, 5.41) is 0. The molecule has 0 atom stereocenters. The van der Waals surface area contributed by atoms with Crippen LogP contribution in [0.1, 0.15) is 18.4 Å². The molecule has 1 aromatic carbocycles. The van der Waals surface area contributed by atoms with Crippen molar-refractivity contribution in [1.82, 2.24) is 4.90 Å². The molecule has 0 N–H and O–H groups in total. The molecule has 82 valence electrons. The lowest BCUT2D eigenvalue weighted by Crippen LogP contribution is -2.33. The third-order valence-corrected chi connectivity index (χ3v) is 2.86. The number of piperidine rings is 1. The Bertz CT molecular complexity index is 433. The van der Waals surface area contributed by atoms with Gasteiger partial charge in [0.25, 0.3) is 0 Å². The summed E-state index contributed by atoms with van der Waals surface area (Å²) in [5.74, 6) is 0.140. The highest BCUT2D eigenvalue weighted by Gasteiger charge is 2.23. The van der Waals surface area contributed by atoms with Crippen LogP contribution in [-0.2, 0) is 11.3 Å². The minimum atomic E-state index is 0.140. The molecule has 0 saturated carbocycles. The Morgan fingerprint density at radius 2 is 1.81 bits per heavy atom. The van der Waals surface area contributed by atoms with Crippen molar-refractivity contribution in [1.29, 1.82) is 0 Å². The van der Waals surface area contributed by atoms with E-state index in [4.69, 9.17) is 0 Å². The van der Waals surface area contributed by atoms with Gasteiger partial charge in [0.2, 0.25) is 5.91 Å². The second-order valence-corrected chi connectivity index (χ2v) is 4.02. The lowest BCUT2D eigenvalue weighted by molar-refractivity contribution is -0.130. The van der Waals surface area contributed by atoms with Gasteiger partial charge in [-0.1, -0.05) is 43.5 Å². The molecule has 0 aliphatic carbocycles. The molecule has 1 aliphatic heterocycles. The first-order valence-electron chi connectivity index (χ1n) is 5.40. The summed E-state index contributed by atoms with van der Waals surface area (Å²) >= 11 is 0. The lowest BCUT2D eigenvalue weighted by atomic mass is 10.0. The molecule has 1 fully saturated rings. The van der Waals surface area contributed by atoms with Crippen LogP contribution in [0.15, 0.2) is 54.8 Å². The topological polar surface area (TPSA) is 20.3 Å². The van der Waals surface area contributed by atoms with E-state index < -0.39 is 0 Å². The molecule has 0 radical (unpaired) electrons. The van der Waals surface area contributed by atoms with Crippen LogP contribution in [0.4, 0.5) is 0 Å². The first kappa shape index (κ1) is 10.7. The maximum Gasteiger partial charge on any atom is 0.227 e. The smallest absolute Gasteiger partial charge is 0.227 e. The maximum atomic E-state index is 11.8. The fourth-order valence-corrected chi connectivity index (χ4v) is 1.83. The van der Waals surface area contributed by atoms with Crippen LogP contribution < -0.4 is 0 Å². The lowest BCUT2D eigenvalue weighted by Gasteiger charge is -2.30. The van der Waals surface area contributed by atoms with Gasteiger partial charge in [0.1, 0.15) is 0 Å². The molecule has 1 aliphatic rings. The monoisotopic (exact) mass is 213 g/mol. The van der Waals surface area contributed by atoms with E-state index in [1.165, 1.54) is 0 Å². The zero-order chi connectivity index (χ0) is 11.5. The van der Waals surface area contributed by atoms with Gasteiger partial charge in [-0.2, -0.15) is 0 Å². The van der Waals surface area contributed by atoms with E-state index in [1.807, 2.05) is 30.3 Å². The van der Waals surface area contributed by atoms with Gasteiger partial charge in [-0.25, -0.2) is 0 Å². The van der Waals surface area contributed by atoms with Crippen LogP contribution in [0.25, 0.3) is 0 Å². The number of carbonyl (C=O) groups is 1. The van der Waals surface area contributed by atoms with Gasteiger partial charge >= 0.3 is 0 Å². The van der Waals surface area contributed by atoms with Crippen LogP contribution in [0.2, 0.25) is 0 Å². The first-order chi connectivity index (χ1) is 7.68. The quantitative estimate of drug-likeness (QED) is 0.739. The molecular weight excluding hydrogens is 198 g/mol. The zero-order valence-corrected chi connectivity index (χ0v) is 9.28. The van der Waals surface area contributed by atoms with Crippen LogP contribution in [0.3, 0.4) is 0 Å². The molecule has 0 unspecified atom stereocenters. The van der Waals surface area contributed by atoms with Crippen molar-refractivity contribution in [2.45, 2.75) is 19.4 Å². The van der Waals surface area contributed by atoms with Gasteiger partial charge in [-0.3, -0.25) is 4.79 Å². The normalized spacial score (nSPS) is 16.8. The van der Waals surface area contributed by atoms with Gasteiger partial charge in [0.15, 0.2) is 0 Å². The average molecular weight is 213 g/mol. The second kappa shape index (κ2) is 4.35. The number of nitrogens with zero attached hydrogens (tertiary/aromatic N) is 1. The predicted molar refractivity (Wildman–Crippen MR) is 64.5 cm³/mol. The van der Waals surface area contributed by atoms with Gasteiger partial charge in [0, 0.05) is 12.1 Å². The number of likely N-dealkylation sites (tertiary alicyclic amines) is 1. The molecule has 1 aromatic rings. The van der Waals surface area contributed by atoms with Gasteiger partial charge in [-0.05, 0) is 17.6 Å². The van der Waals surface area contributed by atoms with Crippen molar-refractivity contribution in [2.75, 3.05) is 0 Å². The number of hydrogen-bond acceptors (Lipinski definition) is 1. The molecule has 1 heterocycles. The zero-order valence-electron chi connectivity index (χ0n) is 9.28. The van der Waals surface area contributed by atoms with Gasteiger partial charge in [0.05, 0.1) is 6.54 Å². The van der Waals surface area contributed by atoms with Crippen LogP contribution in [-0.4, -0.2) is 10.8 Å². The highest BCUT2D eigenvalue weighted by molar-refractivity contribution is 5.81. The molecular formula is C14H15NO. The molecule has 0 aromatic heterocycles. The van der Waals surface area contributed by atoms with E-state index in [9.17, 15) is 4.79 Å². The summed E-state index contributed by atoms with van der Waals surface area (Å²) in [7, 11) is 0. The van der Waals surface area contributed by atoms with Gasteiger partial charge < -0.3 is 4.90 Å². The third kappa shape index (κ3) is 2.06. The largest absolute Gasteiger partial charge is 0.308 e. The van der Waals surface area contributed by atoms with Crippen molar-refractivity contribution < 1.29 is 4.79 Å². The van der Waals surface area contributed by atoms with E-state index >= 15 is 0 Å². The van der Waals surface area contributed by atoms with Crippen LogP contribution in [0, 0.1) is 0 Å². The van der Waals surface area contributed by atoms with E-state index in [1.54, 1.807) is 4.90 Å². The highest BCUT2D eigenvalue weighted by Crippen LogP contribution is 2.25. The Kier molecular flexibility index (Phi) is 2.91. The number of amides is 1. The SMILES string of the molecule is C=C1CCC(=O)N(Cc2ccccc2)C1=C. The van der Waals surface area contributed by atoms with E-state index in [0.717, 1.165) is 23.3 Å². The van der Waals surface area contributed by atoms with E-state index in [-0.39, 0.29) is 5.91 Å². The van der Waals surface area contributed by atoms with Crippen LogP contribution >= 0.6 is 0 Å². The van der Waals surface area contributed by atoms with Crippen molar-refractivity contribution in [3.8, 4) is 0 Å². The van der Waals surface area contributed by atoms with E-state index in [2.05, 4.69) is 13.2 Å². The Morgan fingerprint density at radius 3 is 2.50 bits per heavy atom. The fourth-order valence-electron chi connectivity index (χ4n) is 1.83. The third-order valence-electron chi connectivity index (χ3n) is 2.86. The second-order valence-electron chi connectivity index (χ2n) is 4.02. The molecule has 1 saturated heterocycles. The molecule has 16 heavy (non-hydrogen) atoms. The van der Waals surface area contributed by atoms with Crippen molar-refractivity contribution in [3.05, 3.63) is 60.3 Å². The summed E-state index contributed by atoms with van der Waals surface area (Å²) in [6.07, 6.45) is 1.29. The molecule has 2 nitrogen and oxygen atoms in total. The van der Waals surface area contributed by atoms with E-state index in [0.29, 0.717) is 13.0 Å². The summed E-state index contributed by atoms with van der Waals surface area (Å²) < 4.78 is 0. The number of carbonyl (C=O) groups excluding carboxylic acids is 1. The van der Waals surface area contributed by atoms with Crippen molar-refractivity contribution in [3.63, 3.8) is 0 Å². The predicted octanol–water partition coefficient (Wildman–Crippen LogP) is 2.88. The first-order valence-corrected chi connectivity index (χ1v) is 5.40. The fraction of sp³-hybridized carbons (Fsp3) is 0.214. The Labute approximate surface area is 95.9 Å². The standard InChI is InChI=1S/C14H15NO/c1-11-8-9-14(16)15(12(11)2)10-13-6-4-3-5-7-13/h3-7H,1-2,8-10H2. The minimum absolute atomic E-state index is 0.140. The molecule has 0 bridgehead atoms. The van der Waals surface area contributed by atoms with Gasteiger partial charge in [-0.15, -0.1) is 0 Å². The minimum Gasteiger partial charge on any atom is -0.308 e. The molecule has 0 spiro atoms. The molecule has 1 amide bonds. The summed E-state index contributed by atoms with van der Waals surface area (Å²) in [6.45, 7) is 8.45. The summed E-state index contributed by atoms with van der Waals surface area (Å²) in [6, 6.07) is 9.94. The number of allylic oxidation sites excluding steroid dienone is 1. The molecule has 2 rings (SSSR count). The number of benzene rings is 1. The Hall–Kier alpha value is -1.83. The Morgan fingerprint density at radius 1 is 1.12 bits per heavy atom. The van der Waals surface area contributed by atoms with Crippen LogP contribution in [0.5, 0.6) is 0 Å². The average Bonchev–Trinajstić information content (AvgIpc) is 2.31. The summed E-state index contributed by atoms with van der Waals surface area (Å²) in [4.78, 5) is 13.5. The number of rotatable bonds is 2. The maximum absolute atomic E-state index is 11.8. The van der Waals surface area contributed by atoms with Crippen molar-refractivity contribution >= 4 is 5.91 Å².